The number of nitrogen functional groups attached to an aromatic ring is 1. The zero-order chi connectivity index (χ0) is 16.2. The van der Waals surface area contributed by atoms with Crippen LogP contribution in [0, 0.1) is 11.3 Å². The van der Waals surface area contributed by atoms with Crippen LogP contribution < -0.4 is 11.1 Å². The average molecular weight is 327 g/mol. The van der Waals surface area contributed by atoms with Crippen LogP contribution in [0.5, 0.6) is 0 Å². The number of hydrogen-bond donors (Lipinski definition) is 3. The highest BCUT2D eigenvalue weighted by atomic mass is 32.1. The third-order valence-electron chi connectivity index (χ3n) is 3.61. The number of thiophene rings is 1. The summed E-state index contributed by atoms with van der Waals surface area (Å²) in [4.78, 5) is 11.0. The van der Waals surface area contributed by atoms with Gasteiger partial charge in [-0.2, -0.15) is 10.4 Å². The van der Waals surface area contributed by atoms with Gasteiger partial charge in [0.15, 0.2) is 5.82 Å². The molecule has 0 atom stereocenters. The molecule has 118 valence electrons. The molecule has 3 aromatic rings. The van der Waals surface area contributed by atoms with E-state index in [2.05, 4.69) is 44.5 Å². The summed E-state index contributed by atoms with van der Waals surface area (Å²) in [6, 6.07) is 4.22. The standard InChI is InChI=1S/C15H17N7S/c1-2-9-6-10-14(19-8-20-15(10)23-9)18-5-3-4-12-11(7-16)13(17)22-21-12/h6,8H,2-5H2,1H3,(H3,17,21,22)(H,18,19,20). The van der Waals surface area contributed by atoms with Crippen molar-refractivity contribution in [1.29, 1.82) is 5.26 Å². The van der Waals surface area contributed by atoms with Crippen LogP contribution in [0.25, 0.3) is 10.2 Å². The van der Waals surface area contributed by atoms with Crippen molar-refractivity contribution in [1.82, 2.24) is 20.2 Å². The zero-order valence-corrected chi connectivity index (χ0v) is 13.6. The Kier molecular flexibility index (Phi) is 4.39. The molecule has 0 fully saturated rings. The van der Waals surface area contributed by atoms with E-state index in [0.717, 1.165) is 41.1 Å². The Morgan fingerprint density at radius 2 is 2.30 bits per heavy atom. The van der Waals surface area contributed by atoms with Crippen LogP contribution in [-0.4, -0.2) is 26.7 Å². The van der Waals surface area contributed by atoms with E-state index in [1.807, 2.05) is 0 Å². The fourth-order valence-corrected chi connectivity index (χ4v) is 3.33. The van der Waals surface area contributed by atoms with Crippen LogP contribution in [-0.2, 0) is 12.8 Å². The first kappa shape index (κ1) is 15.2. The summed E-state index contributed by atoms with van der Waals surface area (Å²) in [7, 11) is 0. The number of nitrogens with two attached hydrogens (primary N) is 1. The number of fused-ring (bicyclic) bond motifs is 1. The Labute approximate surface area is 137 Å². The average Bonchev–Trinajstić information content (AvgIpc) is 3.14. The van der Waals surface area contributed by atoms with Crippen molar-refractivity contribution in [2.24, 2.45) is 0 Å². The zero-order valence-electron chi connectivity index (χ0n) is 12.8. The predicted molar refractivity (Wildman–Crippen MR) is 91.3 cm³/mol. The van der Waals surface area contributed by atoms with E-state index in [0.29, 0.717) is 12.0 Å². The predicted octanol–water partition coefficient (Wildman–Crippen LogP) is 2.48. The van der Waals surface area contributed by atoms with E-state index in [1.165, 1.54) is 4.88 Å². The highest BCUT2D eigenvalue weighted by Gasteiger charge is 2.10. The summed E-state index contributed by atoms with van der Waals surface area (Å²) in [5, 5.41) is 20.1. The molecule has 0 radical (unpaired) electrons. The lowest BCUT2D eigenvalue weighted by atomic mass is 10.1. The van der Waals surface area contributed by atoms with Crippen molar-refractivity contribution in [3.8, 4) is 6.07 Å². The summed E-state index contributed by atoms with van der Waals surface area (Å²) in [5.41, 5.74) is 6.85. The molecule has 0 unspecified atom stereocenters. The molecule has 4 N–H and O–H groups in total. The maximum absolute atomic E-state index is 9.05. The van der Waals surface area contributed by atoms with Crippen LogP contribution >= 0.6 is 11.3 Å². The van der Waals surface area contributed by atoms with Crippen molar-refractivity contribution >= 4 is 33.2 Å². The normalized spacial score (nSPS) is 10.8. The Hall–Kier alpha value is -2.66. The third kappa shape index (κ3) is 3.10. The monoisotopic (exact) mass is 327 g/mol. The summed E-state index contributed by atoms with van der Waals surface area (Å²) < 4.78 is 0. The number of nitrogens with one attached hydrogen (secondary N) is 2. The molecule has 0 aliphatic carbocycles. The highest BCUT2D eigenvalue weighted by molar-refractivity contribution is 7.18. The third-order valence-corrected chi connectivity index (χ3v) is 4.79. The molecule has 0 aliphatic heterocycles. The minimum atomic E-state index is 0.262. The number of rotatable bonds is 6. The molecule has 0 aliphatic rings. The van der Waals surface area contributed by atoms with Gasteiger partial charge >= 0.3 is 0 Å². The molecule has 7 nitrogen and oxygen atoms in total. The van der Waals surface area contributed by atoms with Gasteiger partial charge in [-0.3, -0.25) is 5.10 Å². The molecule has 3 heterocycles. The molecule has 0 spiro atoms. The SMILES string of the molecule is CCc1cc2c(NCCCc3[nH]nc(N)c3C#N)ncnc2s1. The lowest BCUT2D eigenvalue weighted by Gasteiger charge is -2.05. The van der Waals surface area contributed by atoms with Crippen molar-refractivity contribution < 1.29 is 0 Å². The van der Waals surface area contributed by atoms with Gasteiger partial charge in [-0.25, -0.2) is 9.97 Å². The molecule has 0 aromatic carbocycles. The fraction of sp³-hybridized carbons (Fsp3) is 0.333. The van der Waals surface area contributed by atoms with Crippen molar-refractivity contribution in [2.45, 2.75) is 26.2 Å². The minimum Gasteiger partial charge on any atom is -0.381 e. The van der Waals surface area contributed by atoms with Crippen molar-refractivity contribution in [2.75, 3.05) is 17.6 Å². The van der Waals surface area contributed by atoms with Crippen molar-refractivity contribution in [3.63, 3.8) is 0 Å². The Balaban J connectivity index is 1.63. The molecular formula is C15H17N7S. The number of nitrogens with zero attached hydrogens (tertiary/aromatic N) is 4. The molecule has 0 saturated heterocycles. The number of hydrogen-bond acceptors (Lipinski definition) is 7. The van der Waals surface area contributed by atoms with Crippen LogP contribution in [0.2, 0.25) is 0 Å². The second-order valence-electron chi connectivity index (χ2n) is 5.11. The largest absolute Gasteiger partial charge is 0.381 e. The van der Waals surface area contributed by atoms with E-state index >= 15 is 0 Å². The summed E-state index contributed by atoms with van der Waals surface area (Å²) in [6.45, 7) is 2.88. The Morgan fingerprint density at radius 1 is 1.43 bits per heavy atom. The first-order valence-electron chi connectivity index (χ1n) is 7.43. The van der Waals surface area contributed by atoms with Gasteiger partial charge in [0.1, 0.15) is 28.6 Å². The number of aromatic nitrogens is 4. The fourth-order valence-electron chi connectivity index (χ4n) is 2.39. The molecule has 3 rings (SSSR count). The second-order valence-corrected chi connectivity index (χ2v) is 6.23. The van der Waals surface area contributed by atoms with Crippen LogP contribution in [0.1, 0.15) is 29.5 Å². The van der Waals surface area contributed by atoms with E-state index in [1.54, 1.807) is 17.7 Å². The number of nitriles is 1. The van der Waals surface area contributed by atoms with E-state index in [-0.39, 0.29) is 5.82 Å². The molecule has 3 aromatic heterocycles. The minimum absolute atomic E-state index is 0.262. The number of aryl methyl sites for hydroxylation is 2. The van der Waals surface area contributed by atoms with E-state index in [9.17, 15) is 0 Å². The second kappa shape index (κ2) is 6.62. The van der Waals surface area contributed by atoms with Gasteiger partial charge in [-0.1, -0.05) is 6.92 Å². The van der Waals surface area contributed by atoms with Gasteiger partial charge < -0.3 is 11.1 Å². The quantitative estimate of drug-likeness (QED) is 0.599. The Bertz CT molecular complexity index is 858. The first-order chi connectivity index (χ1) is 11.2. The smallest absolute Gasteiger partial charge is 0.163 e. The molecule has 0 amide bonds. The molecular weight excluding hydrogens is 310 g/mol. The lowest BCUT2D eigenvalue weighted by Crippen LogP contribution is -2.05. The summed E-state index contributed by atoms with van der Waals surface area (Å²) >= 11 is 1.70. The summed E-state index contributed by atoms with van der Waals surface area (Å²) in [6.07, 6.45) is 4.13. The molecule has 0 bridgehead atoms. The van der Waals surface area contributed by atoms with Crippen LogP contribution in [0.3, 0.4) is 0 Å². The van der Waals surface area contributed by atoms with Gasteiger partial charge in [-0.05, 0) is 25.3 Å². The van der Waals surface area contributed by atoms with Gasteiger partial charge in [0.25, 0.3) is 0 Å². The van der Waals surface area contributed by atoms with Crippen LogP contribution in [0.4, 0.5) is 11.6 Å². The van der Waals surface area contributed by atoms with Gasteiger partial charge in [0, 0.05) is 11.4 Å². The molecule has 8 heteroatoms. The summed E-state index contributed by atoms with van der Waals surface area (Å²) in [5.74, 6) is 1.12. The maximum Gasteiger partial charge on any atom is 0.163 e. The number of aromatic amines is 1. The van der Waals surface area contributed by atoms with Gasteiger partial charge in [0.2, 0.25) is 0 Å². The number of anilines is 2. The van der Waals surface area contributed by atoms with Crippen molar-refractivity contribution in [3.05, 3.63) is 28.5 Å². The lowest BCUT2D eigenvalue weighted by molar-refractivity contribution is 0.823. The van der Waals surface area contributed by atoms with E-state index < -0.39 is 0 Å². The maximum atomic E-state index is 9.05. The number of H-pyrrole nitrogens is 1. The molecule has 23 heavy (non-hydrogen) atoms. The van der Waals surface area contributed by atoms with Gasteiger partial charge in [0.05, 0.1) is 11.1 Å². The van der Waals surface area contributed by atoms with Crippen LogP contribution in [0.15, 0.2) is 12.4 Å². The topological polar surface area (TPSA) is 116 Å². The van der Waals surface area contributed by atoms with Gasteiger partial charge in [-0.15, -0.1) is 11.3 Å². The van der Waals surface area contributed by atoms with E-state index in [4.69, 9.17) is 11.0 Å². The first-order valence-corrected chi connectivity index (χ1v) is 8.24. The molecule has 0 saturated carbocycles. The highest BCUT2D eigenvalue weighted by Crippen LogP contribution is 2.28. The Morgan fingerprint density at radius 3 is 3.09 bits per heavy atom.